The molecule has 0 radical (unpaired) electrons. The molecule has 32 heavy (non-hydrogen) atoms. The van der Waals surface area contributed by atoms with Crippen LogP contribution in [0.15, 0.2) is 48.9 Å². The number of aromatic nitrogens is 3. The van der Waals surface area contributed by atoms with Crippen LogP contribution in [0.5, 0.6) is 0 Å². The van der Waals surface area contributed by atoms with E-state index in [0.29, 0.717) is 23.0 Å². The van der Waals surface area contributed by atoms with Crippen molar-refractivity contribution >= 4 is 23.9 Å². The van der Waals surface area contributed by atoms with Crippen LogP contribution in [0.1, 0.15) is 58.9 Å². The highest BCUT2D eigenvalue weighted by molar-refractivity contribution is 6.06. The molecule has 5 rings (SSSR count). The SMILES string of the molecule is Cc1ccc(-n2cnc(C3CC3)c2)cc1C(=O)Nc1cccc(C(=N)N(C=N)C2CC2)n1. The van der Waals surface area contributed by atoms with Crippen molar-refractivity contribution in [1.82, 2.24) is 19.4 Å². The molecule has 2 fully saturated rings. The Morgan fingerprint density at radius 1 is 1.22 bits per heavy atom. The van der Waals surface area contributed by atoms with Gasteiger partial charge in [-0.2, -0.15) is 0 Å². The van der Waals surface area contributed by atoms with Crippen LogP contribution in [0.3, 0.4) is 0 Å². The quantitative estimate of drug-likeness (QED) is 0.389. The van der Waals surface area contributed by atoms with E-state index in [1.54, 1.807) is 29.4 Å². The van der Waals surface area contributed by atoms with Gasteiger partial charge in [0.1, 0.15) is 11.5 Å². The number of amidine groups is 1. The van der Waals surface area contributed by atoms with Crippen molar-refractivity contribution in [3.63, 3.8) is 0 Å². The van der Waals surface area contributed by atoms with Crippen molar-refractivity contribution < 1.29 is 4.79 Å². The van der Waals surface area contributed by atoms with Crippen molar-refractivity contribution in [2.75, 3.05) is 5.32 Å². The lowest BCUT2D eigenvalue weighted by molar-refractivity contribution is 0.102. The first-order valence-electron chi connectivity index (χ1n) is 10.8. The predicted molar refractivity (Wildman–Crippen MR) is 123 cm³/mol. The molecule has 8 heteroatoms. The number of imidazole rings is 1. The van der Waals surface area contributed by atoms with Crippen LogP contribution in [0.2, 0.25) is 0 Å². The second kappa shape index (κ2) is 8.03. The largest absolute Gasteiger partial charge is 0.313 e. The van der Waals surface area contributed by atoms with E-state index in [1.165, 1.54) is 19.2 Å². The number of anilines is 1. The molecule has 2 aliphatic carbocycles. The number of hydrogen-bond donors (Lipinski definition) is 3. The summed E-state index contributed by atoms with van der Waals surface area (Å²) in [5, 5.41) is 18.8. The van der Waals surface area contributed by atoms with Gasteiger partial charge in [0.05, 0.1) is 18.4 Å². The first-order valence-corrected chi connectivity index (χ1v) is 10.8. The molecule has 0 atom stereocenters. The van der Waals surface area contributed by atoms with E-state index in [2.05, 4.69) is 15.3 Å². The van der Waals surface area contributed by atoms with E-state index in [-0.39, 0.29) is 17.8 Å². The van der Waals surface area contributed by atoms with Gasteiger partial charge in [-0.25, -0.2) is 9.97 Å². The fraction of sp³-hybridized carbons (Fsp3) is 0.292. The number of nitrogens with one attached hydrogen (secondary N) is 3. The molecule has 3 aromatic rings. The smallest absolute Gasteiger partial charge is 0.257 e. The van der Waals surface area contributed by atoms with Gasteiger partial charge in [0.25, 0.3) is 5.91 Å². The monoisotopic (exact) mass is 427 g/mol. The summed E-state index contributed by atoms with van der Waals surface area (Å²) >= 11 is 0. The number of amides is 1. The summed E-state index contributed by atoms with van der Waals surface area (Å²) in [7, 11) is 0. The van der Waals surface area contributed by atoms with Crippen LogP contribution < -0.4 is 5.32 Å². The highest BCUT2D eigenvalue weighted by Gasteiger charge is 2.30. The van der Waals surface area contributed by atoms with Crippen LogP contribution in [-0.2, 0) is 0 Å². The molecule has 162 valence electrons. The summed E-state index contributed by atoms with van der Waals surface area (Å²) in [6.07, 6.45) is 9.35. The fourth-order valence-corrected chi connectivity index (χ4v) is 3.74. The normalized spacial score (nSPS) is 15.3. The van der Waals surface area contributed by atoms with Crippen molar-refractivity contribution in [3.8, 4) is 5.69 Å². The lowest BCUT2D eigenvalue weighted by atomic mass is 10.1. The van der Waals surface area contributed by atoms with Crippen molar-refractivity contribution in [2.24, 2.45) is 0 Å². The fourth-order valence-electron chi connectivity index (χ4n) is 3.74. The number of hydrogen-bond acceptors (Lipinski definition) is 5. The molecular formula is C24H25N7O. The number of benzene rings is 1. The van der Waals surface area contributed by atoms with Gasteiger partial charge in [0.15, 0.2) is 5.84 Å². The highest BCUT2D eigenvalue weighted by atomic mass is 16.1. The van der Waals surface area contributed by atoms with E-state index in [4.69, 9.17) is 10.8 Å². The predicted octanol–water partition coefficient (Wildman–Crippen LogP) is 4.10. The first-order chi connectivity index (χ1) is 15.5. The average Bonchev–Trinajstić information content (AvgIpc) is 3.74. The number of aryl methyl sites for hydroxylation is 1. The van der Waals surface area contributed by atoms with Gasteiger partial charge in [-0.15, -0.1) is 0 Å². The van der Waals surface area contributed by atoms with Crippen LogP contribution in [0.4, 0.5) is 5.82 Å². The molecule has 0 saturated heterocycles. The Morgan fingerprint density at radius 2 is 2.03 bits per heavy atom. The molecule has 0 spiro atoms. The molecule has 1 aromatic carbocycles. The topological polar surface area (TPSA) is 111 Å². The zero-order chi connectivity index (χ0) is 22.2. The molecule has 2 aromatic heterocycles. The van der Waals surface area contributed by atoms with Crippen molar-refractivity contribution in [3.05, 3.63) is 71.4 Å². The zero-order valence-electron chi connectivity index (χ0n) is 17.9. The van der Waals surface area contributed by atoms with Crippen LogP contribution in [0.25, 0.3) is 5.69 Å². The lowest BCUT2D eigenvalue weighted by Gasteiger charge is -2.19. The summed E-state index contributed by atoms with van der Waals surface area (Å²) < 4.78 is 1.95. The summed E-state index contributed by atoms with van der Waals surface area (Å²) in [6, 6.07) is 11.2. The van der Waals surface area contributed by atoms with Crippen molar-refractivity contribution in [2.45, 2.75) is 44.6 Å². The Morgan fingerprint density at radius 3 is 2.75 bits per heavy atom. The molecule has 0 unspecified atom stereocenters. The van der Waals surface area contributed by atoms with E-state index in [9.17, 15) is 4.79 Å². The minimum absolute atomic E-state index is 0.170. The molecule has 3 N–H and O–H groups in total. The average molecular weight is 428 g/mol. The maximum Gasteiger partial charge on any atom is 0.257 e. The molecular weight excluding hydrogens is 402 g/mol. The van der Waals surface area contributed by atoms with E-state index in [1.807, 2.05) is 35.9 Å². The van der Waals surface area contributed by atoms with Gasteiger partial charge in [-0.1, -0.05) is 12.1 Å². The summed E-state index contributed by atoms with van der Waals surface area (Å²) in [6.45, 7) is 1.90. The first kappa shape index (κ1) is 20.1. The van der Waals surface area contributed by atoms with Crippen LogP contribution in [-0.4, -0.2) is 43.6 Å². The molecule has 1 amide bonds. The number of carbonyl (C=O) groups excluding carboxylic acids is 1. The minimum Gasteiger partial charge on any atom is -0.313 e. The standard InChI is InChI=1S/C24H25N7O/c1-15-5-8-18(30-12-21(27-14-30)16-6-7-16)11-19(15)24(32)29-22-4-2-3-20(28-22)23(26)31(13-25)17-9-10-17/h2-5,8,11-14,16-17,25-26H,6-7,9-10H2,1H3,(H,28,29,32). The Kier molecular flexibility index (Phi) is 5.05. The lowest BCUT2D eigenvalue weighted by Crippen LogP contribution is -2.32. The maximum absolute atomic E-state index is 13.1. The van der Waals surface area contributed by atoms with Crippen molar-refractivity contribution in [1.29, 1.82) is 10.8 Å². The third kappa shape index (κ3) is 4.03. The Hall–Kier alpha value is -3.81. The van der Waals surface area contributed by atoms with E-state index in [0.717, 1.165) is 29.8 Å². The van der Waals surface area contributed by atoms with Gasteiger partial charge < -0.3 is 14.8 Å². The molecule has 2 saturated carbocycles. The van der Waals surface area contributed by atoms with Gasteiger partial charge in [-0.3, -0.25) is 15.6 Å². The van der Waals surface area contributed by atoms with Crippen LogP contribution >= 0.6 is 0 Å². The van der Waals surface area contributed by atoms with E-state index < -0.39 is 0 Å². The molecule has 2 aliphatic rings. The number of pyridine rings is 1. The summed E-state index contributed by atoms with van der Waals surface area (Å²) in [5.74, 6) is 0.865. The molecule has 0 aliphatic heterocycles. The molecule has 2 heterocycles. The minimum atomic E-state index is -0.255. The second-order valence-electron chi connectivity index (χ2n) is 8.46. The number of rotatable bonds is 7. The third-order valence-corrected chi connectivity index (χ3v) is 5.93. The van der Waals surface area contributed by atoms with Gasteiger partial charge in [0, 0.05) is 29.4 Å². The summed E-state index contributed by atoms with van der Waals surface area (Å²) in [5.41, 5.74) is 3.83. The highest BCUT2D eigenvalue weighted by Crippen LogP contribution is 2.39. The van der Waals surface area contributed by atoms with Crippen LogP contribution in [0, 0.1) is 17.7 Å². The molecule has 8 nitrogen and oxygen atoms in total. The maximum atomic E-state index is 13.1. The van der Waals surface area contributed by atoms with Gasteiger partial charge in [-0.05, 0) is 62.4 Å². The number of nitrogens with zero attached hydrogens (tertiary/aromatic N) is 4. The zero-order valence-corrected chi connectivity index (χ0v) is 17.9. The van der Waals surface area contributed by atoms with E-state index >= 15 is 0 Å². The summed E-state index contributed by atoms with van der Waals surface area (Å²) in [4.78, 5) is 23.6. The third-order valence-electron chi connectivity index (χ3n) is 5.93. The van der Waals surface area contributed by atoms with Gasteiger partial charge >= 0.3 is 0 Å². The Bertz CT molecular complexity index is 1210. The van der Waals surface area contributed by atoms with Gasteiger partial charge in [0.2, 0.25) is 0 Å². The second-order valence-corrected chi connectivity index (χ2v) is 8.46. The Balaban J connectivity index is 1.35. The molecule has 0 bridgehead atoms. The number of carbonyl (C=O) groups is 1. The Labute approximate surface area is 186 Å².